The van der Waals surface area contributed by atoms with Crippen molar-refractivity contribution in [2.24, 2.45) is 5.41 Å². The summed E-state index contributed by atoms with van der Waals surface area (Å²) in [6.07, 6.45) is 11.4. The molecule has 0 aromatic rings. The number of allylic oxidation sites excluding steroid dienone is 5. The Kier molecular flexibility index (Phi) is 8.25. The molecule has 0 aromatic heterocycles. The molecule has 0 unspecified atom stereocenters. The van der Waals surface area contributed by atoms with Gasteiger partial charge in [-0.2, -0.15) is 0 Å². The second-order valence-corrected chi connectivity index (χ2v) is 3.95. The van der Waals surface area contributed by atoms with Gasteiger partial charge in [0, 0.05) is 0 Å². The third kappa shape index (κ3) is 4.73. The van der Waals surface area contributed by atoms with E-state index in [-0.39, 0.29) is 0 Å². The molecule has 0 saturated carbocycles. The zero-order chi connectivity index (χ0) is 14.7. The van der Waals surface area contributed by atoms with Gasteiger partial charge in [-0.3, -0.25) is 9.59 Å². The molecule has 106 valence electrons. The molecular formula is C15H22O4. The smallest absolute Gasteiger partial charge is 0.327 e. The van der Waals surface area contributed by atoms with Gasteiger partial charge in [-0.1, -0.05) is 36.5 Å². The van der Waals surface area contributed by atoms with Crippen molar-refractivity contribution in [2.45, 2.75) is 26.7 Å². The molecule has 0 N–H and O–H groups in total. The topological polar surface area (TPSA) is 52.6 Å². The molecule has 0 amide bonds. The number of carbonyl (C=O) groups is 2. The van der Waals surface area contributed by atoms with Gasteiger partial charge >= 0.3 is 11.9 Å². The van der Waals surface area contributed by atoms with E-state index in [0.717, 1.165) is 0 Å². The van der Waals surface area contributed by atoms with Crippen LogP contribution in [0.4, 0.5) is 0 Å². The normalized spacial score (nSPS) is 12.4. The predicted octanol–water partition coefficient (Wildman–Crippen LogP) is 2.81. The number of ether oxygens (including phenoxy) is 2. The van der Waals surface area contributed by atoms with Gasteiger partial charge in [0.2, 0.25) is 0 Å². The van der Waals surface area contributed by atoms with Gasteiger partial charge < -0.3 is 9.47 Å². The molecule has 0 heterocycles. The Labute approximate surface area is 114 Å². The monoisotopic (exact) mass is 266 g/mol. The Morgan fingerprint density at radius 2 is 1.58 bits per heavy atom. The zero-order valence-electron chi connectivity index (χ0n) is 12.0. The van der Waals surface area contributed by atoms with E-state index in [2.05, 4.69) is 0 Å². The molecular weight excluding hydrogens is 244 g/mol. The predicted molar refractivity (Wildman–Crippen MR) is 74.5 cm³/mol. The van der Waals surface area contributed by atoms with Crippen molar-refractivity contribution in [3.8, 4) is 0 Å². The molecule has 19 heavy (non-hydrogen) atoms. The summed E-state index contributed by atoms with van der Waals surface area (Å²) in [6.45, 7) is 3.73. The Morgan fingerprint density at radius 3 is 2.00 bits per heavy atom. The molecule has 0 radical (unpaired) electrons. The van der Waals surface area contributed by atoms with Crippen molar-refractivity contribution < 1.29 is 19.1 Å². The lowest BCUT2D eigenvalue weighted by atomic mass is 9.82. The van der Waals surface area contributed by atoms with Crippen LogP contribution in [-0.2, 0) is 19.1 Å². The van der Waals surface area contributed by atoms with E-state index >= 15 is 0 Å². The van der Waals surface area contributed by atoms with Crippen LogP contribution in [0.2, 0.25) is 0 Å². The summed E-state index contributed by atoms with van der Waals surface area (Å²) in [5, 5.41) is 0. The number of methoxy groups -OCH3 is 2. The fourth-order valence-electron chi connectivity index (χ4n) is 1.68. The third-order valence-electron chi connectivity index (χ3n) is 2.72. The fraction of sp³-hybridized carbons (Fsp3) is 0.467. The second-order valence-electron chi connectivity index (χ2n) is 3.95. The molecule has 0 fully saturated rings. The lowest BCUT2D eigenvalue weighted by molar-refractivity contribution is -0.165. The summed E-state index contributed by atoms with van der Waals surface area (Å²) in [5.74, 6) is -1.21. The first kappa shape index (κ1) is 17.2. The molecule has 0 spiro atoms. The van der Waals surface area contributed by atoms with E-state index in [4.69, 9.17) is 9.47 Å². The highest BCUT2D eigenvalue weighted by Gasteiger charge is 2.45. The summed E-state index contributed by atoms with van der Waals surface area (Å²) in [4.78, 5) is 24.0. The van der Waals surface area contributed by atoms with E-state index < -0.39 is 17.4 Å². The molecule has 0 aromatic carbocycles. The van der Waals surface area contributed by atoms with Gasteiger partial charge in [0.25, 0.3) is 0 Å². The highest BCUT2D eigenvalue weighted by molar-refractivity contribution is 6.02. The molecule has 0 saturated heterocycles. The van der Waals surface area contributed by atoms with Gasteiger partial charge in [0.1, 0.15) is 0 Å². The van der Waals surface area contributed by atoms with Crippen molar-refractivity contribution in [3.63, 3.8) is 0 Å². The minimum absolute atomic E-state index is 0.310. The van der Waals surface area contributed by atoms with Crippen LogP contribution in [0.3, 0.4) is 0 Å². The van der Waals surface area contributed by atoms with Gasteiger partial charge in [-0.25, -0.2) is 0 Å². The summed E-state index contributed by atoms with van der Waals surface area (Å²) in [7, 11) is 2.53. The quantitative estimate of drug-likeness (QED) is 0.308. The zero-order valence-corrected chi connectivity index (χ0v) is 12.0. The maximum absolute atomic E-state index is 12.0. The number of hydrogen-bond donors (Lipinski definition) is 0. The Bertz CT molecular complexity index is 362. The third-order valence-corrected chi connectivity index (χ3v) is 2.72. The number of esters is 2. The Morgan fingerprint density at radius 1 is 1.00 bits per heavy atom. The first-order valence-electron chi connectivity index (χ1n) is 6.17. The molecule has 0 aliphatic rings. The molecule has 4 heteroatoms. The first-order valence-corrected chi connectivity index (χ1v) is 6.17. The van der Waals surface area contributed by atoms with Crippen LogP contribution in [-0.4, -0.2) is 26.2 Å². The van der Waals surface area contributed by atoms with E-state index in [0.29, 0.717) is 12.8 Å². The second kappa shape index (κ2) is 9.14. The summed E-state index contributed by atoms with van der Waals surface area (Å²) >= 11 is 0. The highest BCUT2D eigenvalue weighted by Crippen LogP contribution is 2.30. The minimum Gasteiger partial charge on any atom is -0.468 e. The van der Waals surface area contributed by atoms with Gasteiger partial charge in [0.15, 0.2) is 5.41 Å². The van der Waals surface area contributed by atoms with Crippen LogP contribution < -0.4 is 0 Å². The maximum Gasteiger partial charge on any atom is 0.327 e. The first-order chi connectivity index (χ1) is 9.08. The number of carbonyl (C=O) groups excluding carboxylic acids is 2. The summed E-state index contributed by atoms with van der Waals surface area (Å²) in [6, 6.07) is 0. The molecule has 0 bridgehead atoms. The number of hydrogen-bond acceptors (Lipinski definition) is 4. The van der Waals surface area contributed by atoms with Crippen LogP contribution in [0.15, 0.2) is 36.5 Å². The fourth-order valence-corrected chi connectivity index (χ4v) is 1.68. The van der Waals surface area contributed by atoms with E-state index in [9.17, 15) is 9.59 Å². The van der Waals surface area contributed by atoms with Crippen LogP contribution in [0.1, 0.15) is 26.7 Å². The van der Waals surface area contributed by atoms with Gasteiger partial charge in [0.05, 0.1) is 14.2 Å². The molecule has 0 aliphatic heterocycles. The lowest BCUT2D eigenvalue weighted by Gasteiger charge is -2.24. The SMILES string of the molecule is C/C=C\CCC(/C=C/C=C/C)(C(=O)OC)C(=O)OC. The van der Waals surface area contributed by atoms with Crippen molar-refractivity contribution in [1.82, 2.24) is 0 Å². The van der Waals surface area contributed by atoms with E-state index in [1.807, 2.05) is 32.1 Å². The molecule has 0 aliphatic carbocycles. The standard InChI is InChI=1S/C15H22O4/c1-5-7-9-11-15(13(16)18-3,14(17)19-4)12-10-8-6-2/h5-9,11H,10,12H2,1-4H3/b7-5+,8-6-,11-9+. The Balaban J connectivity index is 5.43. The van der Waals surface area contributed by atoms with E-state index in [1.54, 1.807) is 12.2 Å². The largest absolute Gasteiger partial charge is 0.468 e. The number of rotatable bonds is 7. The molecule has 0 atom stereocenters. The van der Waals surface area contributed by atoms with Crippen molar-refractivity contribution >= 4 is 11.9 Å². The van der Waals surface area contributed by atoms with Crippen molar-refractivity contribution in [3.05, 3.63) is 36.5 Å². The van der Waals surface area contributed by atoms with Crippen LogP contribution >= 0.6 is 0 Å². The maximum atomic E-state index is 12.0. The summed E-state index contributed by atoms with van der Waals surface area (Å²) in [5.41, 5.74) is -1.39. The van der Waals surface area contributed by atoms with Crippen LogP contribution in [0, 0.1) is 5.41 Å². The highest BCUT2D eigenvalue weighted by atomic mass is 16.5. The average molecular weight is 266 g/mol. The van der Waals surface area contributed by atoms with Gasteiger partial charge in [-0.05, 0) is 26.7 Å². The van der Waals surface area contributed by atoms with Crippen molar-refractivity contribution in [1.29, 1.82) is 0 Å². The van der Waals surface area contributed by atoms with Crippen molar-refractivity contribution in [2.75, 3.05) is 14.2 Å². The summed E-state index contributed by atoms with van der Waals surface area (Å²) < 4.78 is 9.52. The average Bonchev–Trinajstić information content (AvgIpc) is 2.44. The lowest BCUT2D eigenvalue weighted by Crippen LogP contribution is -2.39. The van der Waals surface area contributed by atoms with Gasteiger partial charge in [-0.15, -0.1) is 0 Å². The van der Waals surface area contributed by atoms with Crippen LogP contribution in [0.25, 0.3) is 0 Å². The van der Waals surface area contributed by atoms with Crippen LogP contribution in [0.5, 0.6) is 0 Å². The molecule has 4 nitrogen and oxygen atoms in total. The van der Waals surface area contributed by atoms with E-state index in [1.165, 1.54) is 20.3 Å². The minimum atomic E-state index is -1.39. The Hall–Kier alpha value is -1.84. The molecule has 0 rings (SSSR count).